The fourth-order valence-corrected chi connectivity index (χ4v) is 3.78. The summed E-state index contributed by atoms with van der Waals surface area (Å²) in [5, 5.41) is 9.15. The molecule has 0 aliphatic rings. The fourth-order valence-electron chi connectivity index (χ4n) is 2.79. The molecule has 1 aromatic heterocycles. The van der Waals surface area contributed by atoms with Gasteiger partial charge in [-0.1, -0.05) is 42.1 Å². The Morgan fingerprint density at radius 2 is 1.78 bits per heavy atom. The first-order valence-corrected chi connectivity index (χ1v) is 9.94. The van der Waals surface area contributed by atoms with Gasteiger partial charge in [-0.2, -0.15) is 0 Å². The van der Waals surface area contributed by atoms with E-state index in [0.29, 0.717) is 12.2 Å². The van der Waals surface area contributed by atoms with Gasteiger partial charge in [-0.05, 0) is 45.0 Å². The second kappa shape index (κ2) is 8.86. The van der Waals surface area contributed by atoms with E-state index < -0.39 is 0 Å². The zero-order chi connectivity index (χ0) is 19.2. The van der Waals surface area contributed by atoms with E-state index in [0.717, 1.165) is 28.8 Å². The van der Waals surface area contributed by atoms with Crippen LogP contribution < -0.4 is 4.74 Å². The van der Waals surface area contributed by atoms with Gasteiger partial charge in [-0.15, -0.1) is 10.2 Å². The summed E-state index contributed by atoms with van der Waals surface area (Å²) < 4.78 is 7.48. The van der Waals surface area contributed by atoms with Gasteiger partial charge in [-0.3, -0.25) is 4.79 Å². The molecule has 0 N–H and O–H groups in total. The predicted molar refractivity (Wildman–Crippen MR) is 108 cm³/mol. The average Bonchev–Trinajstić information content (AvgIpc) is 3.11. The van der Waals surface area contributed by atoms with Crippen molar-refractivity contribution in [2.75, 3.05) is 6.61 Å². The van der Waals surface area contributed by atoms with Crippen LogP contribution in [0.3, 0.4) is 0 Å². The normalized spacial score (nSPS) is 12.0. The molecule has 0 amide bonds. The lowest BCUT2D eigenvalue weighted by Crippen LogP contribution is -2.14. The third-order valence-electron chi connectivity index (χ3n) is 4.17. The van der Waals surface area contributed by atoms with Crippen LogP contribution in [-0.2, 0) is 6.54 Å². The first-order chi connectivity index (χ1) is 13.1. The van der Waals surface area contributed by atoms with E-state index in [1.54, 1.807) is 0 Å². The third-order valence-corrected chi connectivity index (χ3v) is 5.25. The lowest BCUT2D eigenvalue weighted by atomic mass is 10.1. The average molecular weight is 382 g/mol. The number of ketones is 1. The Labute approximate surface area is 163 Å². The molecular weight excluding hydrogens is 358 g/mol. The summed E-state index contributed by atoms with van der Waals surface area (Å²) in [6, 6.07) is 17.2. The SMILES string of the molecule is CCOc1ccc(C(=O)[C@@H](C)Sc2nnc(-c3ccccc3)n2CC)cc1. The standard InChI is InChI=1S/C21H23N3O2S/c1-4-24-20(17-9-7-6-8-10-17)22-23-21(24)27-15(3)19(25)16-11-13-18(14-12-16)26-5-2/h6-15H,4-5H2,1-3H3/t15-/m1/s1. The monoisotopic (exact) mass is 381 g/mol. The topological polar surface area (TPSA) is 57.0 Å². The van der Waals surface area contributed by atoms with Crippen molar-refractivity contribution >= 4 is 17.5 Å². The largest absolute Gasteiger partial charge is 0.494 e. The zero-order valence-electron chi connectivity index (χ0n) is 15.8. The minimum atomic E-state index is -0.263. The van der Waals surface area contributed by atoms with E-state index in [2.05, 4.69) is 17.1 Å². The molecule has 0 saturated carbocycles. The molecule has 0 spiro atoms. The molecule has 1 atom stereocenters. The minimum Gasteiger partial charge on any atom is -0.494 e. The van der Waals surface area contributed by atoms with Gasteiger partial charge in [0.1, 0.15) is 5.75 Å². The summed E-state index contributed by atoms with van der Waals surface area (Å²) in [6.07, 6.45) is 0. The van der Waals surface area contributed by atoms with E-state index in [1.807, 2.05) is 73.0 Å². The summed E-state index contributed by atoms with van der Waals surface area (Å²) in [7, 11) is 0. The van der Waals surface area contributed by atoms with Crippen molar-refractivity contribution in [2.45, 2.75) is 37.7 Å². The molecule has 0 fully saturated rings. The maximum atomic E-state index is 12.8. The van der Waals surface area contributed by atoms with Crippen molar-refractivity contribution in [3.63, 3.8) is 0 Å². The van der Waals surface area contributed by atoms with Crippen LogP contribution in [0.5, 0.6) is 5.75 Å². The molecule has 5 nitrogen and oxygen atoms in total. The molecule has 27 heavy (non-hydrogen) atoms. The third kappa shape index (κ3) is 4.39. The first kappa shape index (κ1) is 19.2. The van der Waals surface area contributed by atoms with Crippen LogP contribution in [0.1, 0.15) is 31.1 Å². The Bertz CT molecular complexity index is 892. The van der Waals surface area contributed by atoms with Gasteiger partial charge in [0.25, 0.3) is 0 Å². The Morgan fingerprint density at radius 1 is 1.07 bits per heavy atom. The van der Waals surface area contributed by atoms with E-state index >= 15 is 0 Å². The number of hydrogen-bond acceptors (Lipinski definition) is 5. The highest BCUT2D eigenvalue weighted by Gasteiger charge is 2.21. The molecule has 2 aromatic carbocycles. The fraction of sp³-hybridized carbons (Fsp3) is 0.286. The molecule has 0 radical (unpaired) electrons. The predicted octanol–water partition coefficient (Wildman–Crippen LogP) is 4.73. The highest BCUT2D eigenvalue weighted by molar-refractivity contribution is 8.00. The zero-order valence-corrected chi connectivity index (χ0v) is 16.6. The molecule has 0 bridgehead atoms. The molecule has 140 valence electrons. The molecule has 3 aromatic rings. The van der Waals surface area contributed by atoms with Gasteiger partial charge in [0.15, 0.2) is 16.8 Å². The maximum absolute atomic E-state index is 12.8. The number of thioether (sulfide) groups is 1. The lowest BCUT2D eigenvalue weighted by molar-refractivity contribution is 0.0994. The van der Waals surface area contributed by atoms with Crippen molar-refractivity contribution in [2.24, 2.45) is 0 Å². The van der Waals surface area contributed by atoms with Crippen LogP contribution in [0, 0.1) is 0 Å². The number of Topliss-reactive ketones (excluding diaryl/α,β-unsaturated/α-hetero) is 1. The quantitative estimate of drug-likeness (QED) is 0.417. The van der Waals surface area contributed by atoms with Crippen molar-refractivity contribution < 1.29 is 9.53 Å². The summed E-state index contributed by atoms with van der Waals surface area (Å²) in [5.41, 5.74) is 1.69. The molecule has 1 heterocycles. The van der Waals surface area contributed by atoms with E-state index in [4.69, 9.17) is 4.74 Å². The molecule has 0 saturated heterocycles. The number of benzene rings is 2. The Balaban J connectivity index is 1.76. The van der Waals surface area contributed by atoms with Gasteiger partial charge >= 0.3 is 0 Å². The van der Waals surface area contributed by atoms with E-state index in [-0.39, 0.29) is 11.0 Å². The maximum Gasteiger partial charge on any atom is 0.192 e. The van der Waals surface area contributed by atoms with Crippen molar-refractivity contribution in [3.05, 3.63) is 60.2 Å². The Hall–Kier alpha value is -2.60. The van der Waals surface area contributed by atoms with Gasteiger partial charge in [-0.25, -0.2) is 0 Å². The number of ether oxygens (including phenoxy) is 1. The highest BCUT2D eigenvalue weighted by Crippen LogP contribution is 2.28. The van der Waals surface area contributed by atoms with E-state index in [1.165, 1.54) is 11.8 Å². The molecule has 3 rings (SSSR count). The Kier molecular flexibility index (Phi) is 6.29. The molecule has 0 aliphatic heterocycles. The second-order valence-electron chi connectivity index (χ2n) is 6.00. The summed E-state index contributed by atoms with van der Waals surface area (Å²) >= 11 is 1.44. The number of carbonyl (C=O) groups is 1. The number of nitrogens with zero attached hydrogens (tertiary/aromatic N) is 3. The van der Waals surface area contributed by atoms with Gasteiger partial charge < -0.3 is 9.30 Å². The smallest absolute Gasteiger partial charge is 0.192 e. The van der Waals surface area contributed by atoms with Crippen molar-refractivity contribution in [1.29, 1.82) is 0 Å². The lowest BCUT2D eigenvalue weighted by Gasteiger charge is -2.12. The number of aromatic nitrogens is 3. The Morgan fingerprint density at radius 3 is 2.41 bits per heavy atom. The van der Waals surface area contributed by atoms with Crippen molar-refractivity contribution in [3.8, 4) is 17.1 Å². The highest BCUT2D eigenvalue weighted by atomic mass is 32.2. The van der Waals surface area contributed by atoms with Crippen LogP contribution in [0.4, 0.5) is 0 Å². The minimum absolute atomic E-state index is 0.0648. The molecule has 0 unspecified atom stereocenters. The molecule has 6 heteroatoms. The van der Waals surface area contributed by atoms with Gasteiger partial charge in [0, 0.05) is 17.7 Å². The van der Waals surface area contributed by atoms with E-state index in [9.17, 15) is 4.79 Å². The second-order valence-corrected chi connectivity index (χ2v) is 7.31. The number of hydrogen-bond donors (Lipinski definition) is 0. The molecular formula is C21H23N3O2S. The van der Waals surface area contributed by atoms with Crippen LogP contribution in [-0.4, -0.2) is 32.4 Å². The number of carbonyl (C=O) groups excluding carboxylic acids is 1. The van der Waals surface area contributed by atoms with Crippen LogP contribution in [0.25, 0.3) is 11.4 Å². The number of rotatable bonds is 8. The molecule has 0 aliphatic carbocycles. The first-order valence-electron chi connectivity index (χ1n) is 9.06. The van der Waals surface area contributed by atoms with Gasteiger partial charge in [0.2, 0.25) is 0 Å². The van der Waals surface area contributed by atoms with Crippen LogP contribution in [0.15, 0.2) is 59.8 Å². The summed E-state index contributed by atoms with van der Waals surface area (Å²) in [5.74, 6) is 1.66. The van der Waals surface area contributed by atoms with Crippen LogP contribution in [0.2, 0.25) is 0 Å². The van der Waals surface area contributed by atoms with Gasteiger partial charge in [0.05, 0.1) is 11.9 Å². The summed E-state index contributed by atoms with van der Waals surface area (Å²) in [6.45, 7) is 7.24. The van der Waals surface area contributed by atoms with Crippen LogP contribution >= 0.6 is 11.8 Å². The van der Waals surface area contributed by atoms with Crippen molar-refractivity contribution in [1.82, 2.24) is 14.8 Å². The summed E-state index contributed by atoms with van der Waals surface area (Å²) in [4.78, 5) is 12.8.